The van der Waals surface area contributed by atoms with Crippen LogP contribution in [-0.4, -0.2) is 59.6 Å². The Morgan fingerprint density at radius 1 is 1.22 bits per heavy atom. The van der Waals surface area contributed by atoms with E-state index in [4.69, 9.17) is 0 Å². The van der Waals surface area contributed by atoms with Crippen molar-refractivity contribution in [2.45, 2.75) is 19.4 Å². The lowest BCUT2D eigenvalue weighted by Gasteiger charge is -2.32. The highest BCUT2D eigenvalue weighted by Crippen LogP contribution is 2.07. The van der Waals surface area contributed by atoms with Crippen molar-refractivity contribution in [2.24, 2.45) is 0 Å². The molecule has 0 spiro atoms. The van der Waals surface area contributed by atoms with Gasteiger partial charge in [0.2, 0.25) is 6.29 Å². The Morgan fingerprint density at radius 2 is 1.91 bits per heavy atom. The number of carbonyl (C=O) groups is 3. The van der Waals surface area contributed by atoms with Gasteiger partial charge in [-0.15, -0.1) is 0 Å². The van der Waals surface area contributed by atoms with E-state index in [0.29, 0.717) is 13.1 Å². The molecule has 0 saturated carbocycles. The quantitative estimate of drug-likeness (QED) is 0.781. The van der Waals surface area contributed by atoms with Crippen molar-refractivity contribution >= 4 is 24.1 Å². The van der Waals surface area contributed by atoms with Crippen LogP contribution in [0.5, 0.6) is 0 Å². The number of likely N-dealkylation sites (N-methyl/N-ethyl adjacent to an activating group) is 1. The summed E-state index contributed by atoms with van der Waals surface area (Å²) in [5, 5.41) is 2.44. The summed E-state index contributed by atoms with van der Waals surface area (Å²) >= 11 is 0. The molecule has 121 valence electrons. The highest BCUT2D eigenvalue weighted by Gasteiger charge is 2.35. The van der Waals surface area contributed by atoms with Gasteiger partial charge in [-0.05, 0) is 12.5 Å². The second-order valence-corrected chi connectivity index (χ2v) is 5.15. The maximum absolute atomic E-state index is 12.2. The predicted molar refractivity (Wildman–Crippen MR) is 82.1 cm³/mol. The average Bonchev–Trinajstić information content (AvgIpc) is 2.57. The molecular weight excluding hydrogens is 298 g/mol. The Bertz CT molecular complexity index is 603. The first-order valence-corrected chi connectivity index (χ1v) is 7.39. The highest BCUT2D eigenvalue weighted by molar-refractivity contribution is 6.38. The van der Waals surface area contributed by atoms with E-state index in [2.05, 4.69) is 5.32 Å². The smallest absolute Gasteiger partial charge is 0.325 e. The number of urea groups is 1. The molecule has 7 heteroatoms. The molecule has 0 aromatic heterocycles. The minimum absolute atomic E-state index is 0.112. The lowest BCUT2D eigenvalue weighted by atomic mass is 10.1. The molecule has 1 aromatic rings. The van der Waals surface area contributed by atoms with E-state index in [0.717, 1.165) is 10.5 Å². The third-order valence-corrected chi connectivity index (χ3v) is 3.66. The Labute approximate surface area is 134 Å². The zero-order valence-electron chi connectivity index (χ0n) is 12.8. The van der Waals surface area contributed by atoms with Gasteiger partial charge in [0.1, 0.15) is 6.04 Å². The molecular formula is C16H18N3O4. The number of amides is 4. The van der Waals surface area contributed by atoms with Crippen LogP contribution in [0, 0.1) is 0 Å². The number of piperazine rings is 1. The zero-order chi connectivity index (χ0) is 16.8. The van der Waals surface area contributed by atoms with Crippen molar-refractivity contribution in [1.29, 1.82) is 0 Å². The van der Waals surface area contributed by atoms with Crippen LogP contribution >= 0.6 is 0 Å². The van der Waals surface area contributed by atoms with Crippen molar-refractivity contribution < 1.29 is 19.2 Å². The van der Waals surface area contributed by atoms with Crippen molar-refractivity contribution in [3.05, 3.63) is 35.9 Å². The topological polar surface area (TPSA) is 86.8 Å². The molecule has 23 heavy (non-hydrogen) atoms. The molecule has 4 amide bonds. The molecule has 2 rings (SSSR count). The van der Waals surface area contributed by atoms with Crippen molar-refractivity contribution in [3.63, 3.8) is 0 Å². The molecule has 0 unspecified atom stereocenters. The van der Waals surface area contributed by atoms with Crippen LogP contribution in [0.1, 0.15) is 12.5 Å². The number of carbonyl (C=O) groups excluding carboxylic acids is 4. The van der Waals surface area contributed by atoms with Crippen LogP contribution in [0.2, 0.25) is 0 Å². The summed E-state index contributed by atoms with van der Waals surface area (Å²) in [4.78, 5) is 49.2. The Balaban J connectivity index is 1.98. The first-order valence-electron chi connectivity index (χ1n) is 7.39. The number of hydrogen-bond acceptors (Lipinski definition) is 4. The van der Waals surface area contributed by atoms with E-state index in [-0.39, 0.29) is 13.0 Å². The molecule has 1 atom stereocenters. The number of benzene rings is 1. The van der Waals surface area contributed by atoms with Crippen LogP contribution in [0.4, 0.5) is 4.79 Å². The predicted octanol–water partition coefficient (Wildman–Crippen LogP) is 0.108. The number of nitrogens with one attached hydrogen (secondary N) is 1. The SMILES string of the molecule is CCN1CCN(C(=O)N[C@@H]([C]=O)Cc2ccccc2)C(=O)C1=O. The minimum Gasteiger partial charge on any atom is -0.333 e. The molecule has 1 saturated heterocycles. The molecule has 7 nitrogen and oxygen atoms in total. The summed E-state index contributed by atoms with van der Waals surface area (Å²) < 4.78 is 0. The fraction of sp³-hybridized carbons (Fsp3) is 0.375. The van der Waals surface area contributed by atoms with Crippen LogP contribution in [0.15, 0.2) is 30.3 Å². The van der Waals surface area contributed by atoms with E-state index in [1.54, 1.807) is 13.2 Å². The molecule has 1 fully saturated rings. The van der Waals surface area contributed by atoms with Gasteiger partial charge in [0.15, 0.2) is 0 Å². The van der Waals surface area contributed by atoms with E-state index in [1.807, 2.05) is 30.3 Å². The Morgan fingerprint density at radius 3 is 2.52 bits per heavy atom. The monoisotopic (exact) mass is 316 g/mol. The lowest BCUT2D eigenvalue weighted by molar-refractivity contribution is -0.153. The average molecular weight is 316 g/mol. The molecule has 1 aliphatic rings. The van der Waals surface area contributed by atoms with Crippen LogP contribution in [-0.2, 0) is 20.8 Å². The molecule has 1 aliphatic heterocycles. The van der Waals surface area contributed by atoms with Gasteiger partial charge in [0, 0.05) is 26.1 Å². The fourth-order valence-corrected chi connectivity index (χ4v) is 2.37. The second-order valence-electron chi connectivity index (χ2n) is 5.15. The Kier molecular flexibility index (Phi) is 5.46. The van der Waals surface area contributed by atoms with Crippen molar-refractivity contribution in [3.8, 4) is 0 Å². The summed E-state index contributed by atoms with van der Waals surface area (Å²) in [6.07, 6.45) is 2.02. The van der Waals surface area contributed by atoms with Crippen molar-refractivity contribution in [1.82, 2.24) is 15.1 Å². The summed E-state index contributed by atoms with van der Waals surface area (Å²) in [7, 11) is 0. The van der Waals surface area contributed by atoms with Crippen LogP contribution in [0.3, 0.4) is 0 Å². The Hall–Kier alpha value is -2.70. The third-order valence-electron chi connectivity index (χ3n) is 3.66. The summed E-state index contributed by atoms with van der Waals surface area (Å²) in [6, 6.07) is 7.52. The fourth-order valence-electron chi connectivity index (χ4n) is 2.37. The molecule has 0 bridgehead atoms. The molecule has 1 heterocycles. The highest BCUT2D eigenvalue weighted by atomic mass is 16.2. The van der Waals surface area contributed by atoms with Crippen molar-refractivity contribution in [2.75, 3.05) is 19.6 Å². The second kappa shape index (κ2) is 7.53. The molecule has 0 aliphatic carbocycles. The van der Waals surface area contributed by atoms with E-state index >= 15 is 0 Å². The van der Waals surface area contributed by atoms with Gasteiger partial charge >= 0.3 is 17.8 Å². The van der Waals surface area contributed by atoms with Gasteiger partial charge in [0.05, 0.1) is 0 Å². The number of rotatable bonds is 5. The standard InChI is InChI=1S/C16H18N3O4/c1-2-18-8-9-19(15(22)14(18)21)16(23)17-13(11-20)10-12-6-4-3-5-7-12/h3-7,13H,2,8-10H2,1H3,(H,17,23)/t13-/m1/s1. The first kappa shape index (κ1) is 16.7. The van der Waals surface area contributed by atoms with Gasteiger partial charge in [-0.25, -0.2) is 4.79 Å². The van der Waals surface area contributed by atoms with Gasteiger partial charge in [-0.2, -0.15) is 0 Å². The van der Waals surface area contributed by atoms with Gasteiger partial charge in [-0.3, -0.25) is 19.3 Å². The largest absolute Gasteiger partial charge is 0.333 e. The number of nitrogens with zero attached hydrogens (tertiary/aromatic N) is 2. The summed E-state index contributed by atoms with van der Waals surface area (Å²) in [5.41, 5.74) is 0.861. The maximum Gasteiger partial charge on any atom is 0.325 e. The zero-order valence-corrected chi connectivity index (χ0v) is 12.8. The number of hydrogen-bond donors (Lipinski definition) is 1. The lowest BCUT2D eigenvalue weighted by Crippen LogP contribution is -2.59. The minimum atomic E-state index is -0.878. The third kappa shape index (κ3) is 3.94. The van der Waals surface area contributed by atoms with Gasteiger partial charge in [0.25, 0.3) is 0 Å². The van der Waals surface area contributed by atoms with Crippen LogP contribution in [0.25, 0.3) is 0 Å². The normalized spacial score (nSPS) is 16.2. The molecule has 1 aromatic carbocycles. The van der Waals surface area contributed by atoms with E-state index < -0.39 is 23.9 Å². The van der Waals surface area contributed by atoms with Crippen LogP contribution < -0.4 is 5.32 Å². The number of imide groups is 1. The molecule has 1 radical (unpaired) electrons. The first-order chi connectivity index (χ1) is 11.1. The van der Waals surface area contributed by atoms with Gasteiger partial charge < -0.3 is 10.2 Å². The van der Waals surface area contributed by atoms with E-state index in [9.17, 15) is 19.2 Å². The molecule has 1 N–H and O–H groups in total. The van der Waals surface area contributed by atoms with Gasteiger partial charge in [-0.1, -0.05) is 30.3 Å². The maximum atomic E-state index is 12.2. The van der Waals surface area contributed by atoms with E-state index in [1.165, 1.54) is 4.90 Å². The summed E-state index contributed by atoms with van der Waals surface area (Å²) in [5.74, 6) is -1.58. The summed E-state index contributed by atoms with van der Waals surface area (Å²) in [6.45, 7) is 2.58.